The van der Waals surface area contributed by atoms with Crippen LogP contribution in [0.3, 0.4) is 0 Å². The second-order valence-electron chi connectivity index (χ2n) is 5.42. The molecule has 0 amide bonds. The lowest BCUT2D eigenvalue weighted by atomic mass is 10.0. The highest BCUT2D eigenvalue weighted by molar-refractivity contribution is 7.18. The number of rotatable bonds is 7. The van der Waals surface area contributed by atoms with Crippen LogP contribution in [0.5, 0.6) is 0 Å². The molecule has 1 unspecified atom stereocenters. The summed E-state index contributed by atoms with van der Waals surface area (Å²) in [5.74, 6) is 1.71. The molecule has 0 aromatic carbocycles. The molecule has 1 N–H and O–H groups in total. The lowest BCUT2D eigenvalue weighted by Gasteiger charge is -2.27. The Bertz CT molecular complexity index is 611. The van der Waals surface area contributed by atoms with E-state index < -0.39 is 5.60 Å². The van der Waals surface area contributed by atoms with Crippen LogP contribution in [-0.4, -0.2) is 23.1 Å². The Kier molecular flexibility index (Phi) is 5.17. The summed E-state index contributed by atoms with van der Waals surface area (Å²) < 4.78 is 5.93. The summed E-state index contributed by atoms with van der Waals surface area (Å²) in [6.07, 6.45) is 1.92. The number of fused-ring (bicyclic) bond motifs is 1. The van der Waals surface area contributed by atoms with E-state index >= 15 is 0 Å². The van der Waals surface area contributed by atoms with Crippen molar-refractivity contribution in [2.24, 2.45) is 0 Å². The maximum Gasteiger partial charge on any atom is 0.163 e. The largest absolute Gasteiger partial charge is 0.369 e. The monoisotopic (exact) mass is 307 g/mol. The van der Waals surface area contributed by atoms with Gasteiger partial charge in [-0.05, 0) is 39.7 Å². The predicted octanol–water partition coefficient (Wildman–Crippen LogP) is 4.48. The smallest absolute Gasteiger partial charge is 0.163 e. The first kappa shape index (κ1) is 16.2. The van der Waals surface area contributed by atoms with E-state index in [2.05, 4.69) is 39.1 Å². The molecule has 0 fully saturated rings. The van der Waals surface area contributed by atoms with Gasteiger partial charge in [-0.3, -0.25) is 0 Å². The van der Waals surface area contributed by atoms with Crippen LogP contribution >= 0.6 is 11.3 Å². The second-order valence-corrected chi connectivity index (χ2v) is 6.65. The van der Waals surface area contributed by atoms with Crippen LogP contribution in [0.2, 0.25) is 0 Å². The number of hydrogen-bond acceptors (Lipinski definition) is 5. The van der Waals surface area contributed by atoms with Crippen molar-refractivity contribution < 1.29 is 4.74 Å². The second kappa shape index (κ2) is 6.71. The Labute approximate surface area is 131 Å². The highest BCUT2D eigenvalue weighted by Crippen LogP contribution is 2.33. The van der Waals surface area contributed by atoms with Gasteiger partial charge in [0.2, 0.25) is 0 Å². The van der Waals surface area contributed by atoms with Crippen LogP contribution in [0, 0.1) is 6.92 Å². The molecule has 0 aliphatic rings. The van der Waals surface area contributed by atoms with Gasteiger partial charge in [-0.1, -0.05) is 13.8 Å². The lowest BCUT2D eigenvalue weighted by Crippen LogP contribution is -2.28. The number of nitrogens with zero attached hydrogens (tertiary/aromatic N) is 2. The van der Waals surface area contributed by atoms with Gasteiger partial charge in [0.15, 0.2) is 5.82 Å². The van der Waals surface area contributed by atoms with Crippen LogP contribution in [0.1, 0.15) is 51.2 Å². The molecule has 5 heteroatoms. The molecule has 0 saturated heterocycles. The van der Waals surface area contributed by atoms with E-state index in [1.807, 2.05) is 6.92 Å². The van der Waals surface area contributed by atoms with Gasteiger partial charge in [0.25, 0.3) is 0 Å². The van der Waals surface area contributed by atoms with Gasteiger partial charge in [-0.25, -0.2) is 9.97 Å². The maximum atomic E-state index is 5.93. The Balaban J connectivity index is 2.54. The van der Waals surface area contributed by atoms with Gasteiger partial charge >= 0.3 is 0 Å². The summed E-state index contributed by atoms with van der Waals surface area (Å²) in [5.41, 5.74) is -0.427. The number of ether oxygens (including phenoxy) is 1. The number of aryl methyl sites for hydroxylation is 1. The van der Waals surface area contributed by atoms with Crippen LogP contribution in [-0.2, 0) is 10.3 Å². The van der Waals surface area contributed by atoms with E-state index in [9.17, 15) is 0 Å². The maximum absolute atomic E-state index is 5.93. The zero-order valence-corrected chi connectivity index (χ0v) is 14.4. The molecule has 0 saturated carbocycles. The van der Waals surface area contributed by atoms with Crippen molar-refractivity contribution in [3.05, 3.63) is 16.8 Å². The summed E-state index contributed by atoms with van der Waals surface area (Å²) in [4.78, 5) is 11.8. The van der Waals surface area contributed by atoms with Crippen molar-refractivity contribution in [2.45, 2.75) is 53.1 Å². The summed E-state index contributed by atoms with van der Waals surface area (Å²) in [7, 11) is 0. The van der Waals surface area contributed by atoms with Crippen LogP contribution < -0.4 is 5.32 Å². The molecule has 0 aliphatic heterocycles. The minimum Gasteiger partial charge on any atom is -0.369 e. The molecule has 0 aliphatic carbocycles. The van der Waals surface area contributed by atoms with Gasteiger partial charge in [0, 0.05) is 18.0 Å². The number of aromatic nitrogens is 2. The van der Waals surface area contributed by atoms with Crippen molar-refractivity contribution >= 4 is 27.4 Å². The third kappa shape index (κ3) is 3.35. The molecule has 2 aromatic rings. The van der Waals surface area contributed by atoms with Crippen LogP contribution in [0.25, 0.3) is 10.2 Å². The Morgan fingerprint density at radius 3 is 2.67 bits per heavy atom. The SMILES string of the molecule is CCCNc1nc(C(C)(CC)OCC)nc2sc(C)cc12. The molecule has 0 radical (unpaired) electrons. The third-order valence-electron chi connectivity index (χ3n) is 3.67. The van der Waals surface area contributed by atoms with Crippen LogP contribution in [0.15, 0.2) is 6.07 Å². The first-order valence-corrected chi connectivity index (χ1v) is 8.52. The Hall–Kier alpha value is -1.20. The molecule has 0 bridgehead atoms. The quantitative estimate of drug-likeness (QED) is 0.819. The number of nitrogens with one attached hydrogen (secondary N) is 1. The first-order valence-electron chi connectivity index (χ1n) is 7.70. The number of hydrogen-bond donors (Lipinski definition) is 1. The van der Waals surface area contributed by atoms with Crippen molar-refractivity contribution in [1.29, 1.82) is 0 Å². The van der Waals surface area contributed by atoms with Crippen molar-refractivity contribution in [2.75, 3.05) is 18.5 Å². The molecule has 4 nitrogen and oxygen atoms in total. The van der Waals surface area contributed by atoms with Crippen molar-refractivity contribution in [1.82, 2.24) is 9.97 Å². The third-order valence-corrected chi connectivity index (χ3v) is 4.61. The summed E-state index contributed by atoms with van der Waals surface area (Å²) >= 11 is 1.71. The standard InChI is InChI=1S/C16H25N3OS/c1-6-9-17-13-12-10-11(4)21-14(12)19-15(18-13)16(5,7-2)20-8-3/h10H,6-9H2,1-5H3,(H,17,18,19). The molecule has 0 spiro atoms. The van der Waals surface area contributed by atoms with E-state index in [0.717, 1.165) is 41.2 Å². The molecule has 116 valence electrons. The van der Waals surface area contributed by atoms with E-state index in [1.165, 1.54) is 4.88 Å². The molecule has 21 heavy (non-hydrogen) atoms. The molecule has 2 heterocycles. The molecule has 2 aromatic heterocycles. The van der Waals surface area contributed by atoms with Crippen molar-refractivity contribution in [3.63, 3.8) is 0 Å². The highest BCUT2D eigenvalue weighted by atomic mass is 32.1. The van der Waals surface area contributed by atoms with E-state index in [4.69, 9.17) is 14.7 Å². The van der Waals surface area contributed by atoms with Gasteiger partial charge in [0.05, 0.1) is 5.39 Å². The minimum atomic E-state index is -0.427. The average molecular weight is 307 g/mol. The topological polar surface area (TPSA) is 47.0 Å². The van der Waals surface area contributed by atoms with Crippen molar-refractivity contribution in [3.8, 4) is 0 Å². The number of thiophene rings is 1. The van der Waals surface area contributed by atoms with Gasteiger partial charge < -0.3 is 10.1 Å². The fourth-order valence-electron chi connectivity index (χ4n) is 2.30. The normalized spacial score (nSPS) is 14.3. The van der Waals surface area contributed by atoms with Gasteiger partial charge in [-0.2, -0.15) is 0 Å². The zero-order valence-electron chi connectivity index (χ0n) is 13.6. The molecule has 2 rings (SSSR count). The lowest BCUT2D eigenvalue weighted by molar-refractivity contribution is -0.0386. The molecular formula is C16H25N3OS. The zero-order chi connectivity index (χ0) is 15.5. The van der Waals surface area contributed by atoms with E-state index in [-0.39, 0.29) is 0 Å². The first-order chi connectivity index (χ1) is 10.0. The fourth-order valence-corrected chi connectivity index (χ4v) is 3.18. The van der Waals surface area contributed by atoms with Gasteiger partial charge in [0.1, 0.15) is 16.2 Å². The highest BCUT2D eigenvalue weighted by Gasteiger charge is 2.29. The molecular weight excluding hydrogens is 282 g/mol. The molecule has 1 atom stereocenters. The summed E-state index contributed by atoms with van der Waals surface area (Å²) in [6, 6.07) is 2.16. The summed E-state index contributed by atoms with van der Waals surface area (Å²) in [5, 5.41) is 4.54. The number of anilines is 1. The average Bonchev–Trinajstić information content (AvgIpc) is 2.85. The van der Waals surface area contributed by atoms with E-state index in [0.29, 0.717) is 6.61 Å². The van der Waals surface area contributed by atoms with Crippen LogP contribution in [0.4, 0.5) is 5.82 Å². The Morgan fingerprint density at radius 2 is 2.05 bits per heavy atom. The predicted molar refractivity (Wildman–Crippen MR) is 90.2 cm³/mol. The Morgan fingerprint density at radius 1 is 1.29 bits per heavy atom. The fraction of sp³-hybridized carbons (Fsp3) is 0.625. The minimum absolute atomic E-state index is 0.427. The van der Waals surface area contributed by atoms with E-state index in [1.54, 1.807) is 11.3 Å². The van der Waals surface area contributed by atoms with Gasteiger partial charge in [-0.15, -0.1) is 11.3 Å². The summed E-state index contributed by atoms with van der Waals surface area (Å²) in [6.45, 7) is 12.0.